The van der Waals surface area contributed by atoms with Crippen molar-refractivity contribution in [3.63, 3.8) is 0 Å². The number of methoxy groups -OCH3 is 2. The normalized spacial score (nSPS) is 10.5. The molecule has 2 aromatic carbocycles. The number of aromatic nitrogens is 2. The summed E-state index contributed by atoms with van der Waals surface area (Å²) in [7, 11) is 3.16. The smallest absolute Gasteiger partial charge is 0.264 e. The van der Waals surface area contributed by atoms with Crippen LogP contribution in [0.15, 0.2) is 47.0 Å². The van der Waals surface area contributed by atoms with Crippen LogP contribution in [-0.2, 0) is 6.61 Å². The van der Waals surface area contributed by atoms with Crippen LogP contribution in [0.2, 0.25) is 5.02 Å². The van der Waals surface area contributed by atoms with Crippen molar-refractivity contribution in [3.05, 3.63) is 53.4 Å². The monoisotopic (exact) mass is 346 g/mol. The molecular formula is C17H15ClN2O4. The SMILES string of the molecule is COc1ccc(-c2noc(COc3cccc(Cl)c3)n2)c(OC)c1. The number of ether oxygens (including phenoxy) is 3. The summed E-state index contributed by atoms with van der Waals surface area (Å²) in [4.78, 5) is 4.33. The molecule has 0 saturated heterocycles. The average molecular weight is 347 g/mol. The lowest BCUT2D eigenvalue weighted by atomic mass is 10.2. The first-order chi connectivity index (χ1) is 11.7. The van der Waals surface area contributed by atoms with Gasteiger partial charge in [0.15, 0.2) is 6.61 Å². The minimum atomic E-state index is 0.145. The first-order valence-electron chi connectivity index (χ1n) is 7.13. The first-order valence-corrected chi connectivity index (χ1v) is 7.50. The van der Waals surface area contributed by atoms with Crippen molar-refractivity contribution in [1.82, 2.24) is 10.1 Å². The van der Waals surface area contributed by atoms with E-state index in [1.54, 1.807) is 50.6 Å². The van der Waals surface area contributed by atoms with Crippen LogP contribution >= 0.6 is 11.6 Å². The number of nitrogens with zero attached hydrogens (tertiary/aromatic N) is 2. The number of benzene rings is 2. The molecule has 0 N–H and O–H groups in total. The van der Waals surface area contributed by atoms with Gasteiger partial charge in [0.1, 0.15) is 17.2 Å². The molecule has 124 valence electrons. The van der Waals surface area contributed by atoms with Crippen LogP contribution in [0.5, 0.6) is 17.2 Å². The molecule has 0 bridgehead atoms. The highest BCUT2D eigenvalue weighted by Crippen LogP contribution is 2.31. The van der Waals surface area contributed by atoms with Gasteiger partial charge in [-0.1, -0.05) is 22.8 Å². The van der Waals surface area contributed by atoms with E-state index < -0.39 is 0 Å². The first kappa shape index (κ1) is 16.1. The number of halogens is 1. The highest BCUT2D eigenvalue weighted by atomic mass is 35.5. The molecule has 0 unspecified atom stereocenters. The van der Waals surface area contributed by atoms with E-state index in [-0.39, 0.29) is 6.61 Å². The van der Waals surface area contributed by atoms with Crippen LogP contribution in [-0.4, -0.2) is 24.4 Å². The molecule has 0 radical (unpaired) electrons. The zero-order valence-corrected chi connectivity index (χ0v) is 13.9. The largest absolute Gasteiger partial charge is 0.497 e. The Morgan fingerprint density at radius 2 is 1.92 bits per heavy atom. The fourth-order valence-corrected chi connectivity index (χ4v) is 2.29. The van der Waals surface area contributed by atoms with Crippen LogP contribution in [0.25, 0.3) is 11.4 Å². The van der Waals surface area contributed by atoms with Crippen molar-refractivity contribution in [2.75, 3.05) is 14.2 Å². The molecule has 3 rings (SSSR count). The third-order valence-corrected chi connectivity index (χ3v) is 3.51. The van der Waals surface area contributed by atoms with E-state index in [4.69, 9.17) is 30.3 Å². The maximum Gasteiger partial charge on any atom is 0.264 e. The van der Waals surface area contributed by atoms with Gasteiger partial charge in [-0.2, -0.15) is 4.98 Å². The second-order valence-electron chi connectivity index (χ2n) is 4.82. The highest BCUT2D eigenvalue weighted by molar-refractivity contribution is 6.30. The molecule has 1 heterocycles. The fourth-order valence-electron chi connectivity index (χ4n) is 2.11. The Morgan fingerprint density at radius 3 is 2.67 bits per heavy atom. The van der Waals surface area contributed by atoms with E-state index >= 15 is 0 Å². The second kappa shape index (κ2) is 7.23. The maximum atomic E-state index is 5.91. The fraction of sp³-hybridized carbons (Fsp3) is 0.176. The Kier molecular flexibility index (Phi) is 4.86. The van der Waals surface area contributed by atoms with Crippen molar-refractivity contribution < 1.29 is 18.7 Å². The molecule has 24 heavy (non-hydrogen) atoms. The maximum absolute atomic E-state index is 5.91. The molecule has 0 saturated carbocycles. The van der Waals surface area contributed by atoms with Gasteiger partial charge in [-0.05, 0) is 30.3 Å². The number of rotatable bonds is 6. The van der Waals surface area contributed by atoms with E-state index in [9.17, 15) is 0 Å². The second-order valence-corrected chi connectivity index (χ2v) is 5.26. The molecule has 0 atom stereocenters. The number of hydrogen-bond donors (Lipinski definition) is 0. The summed E-state index contributed by atoms with van der Waals surface area (Å²) < 4.78 is 21.3. The molecule has 0 aliphatic carbocycles. The minimum Gasteiger partial charge on any atom is -0.497 e. The summed E-state index contributed by atoms with van der Waals surface area (Å²) in [5.74, 6) is 2.67. The van der Waals surface area contributed by atoms with Crippen LogP contribution in [0.3, 0.4) is 0 Å². The van der Waals surface area contributed by atoms with Crippen LogP contribution in [0, 0.1) is 0 Å². The van der Waals surface area contributed by atoms with Crippen molar-refractivity contribution in [2.24, 2.45) is 0 Å². The Labute approximate surface area is 143 Å². The van der Waals surface area contributed by atoms with Crippen LogP contribution < -0.4 is 14.2 Å². The van der Waals surface area contributed by atoms with E-state index in [1.165, 1.54) is 0 Å². The van der Waals surface area contributed by atoms with Crippen LogP contribution in [0.1, 0.15) is 5.89 Å². The summed E-state index contributed by atoms with van der Waals surface area (Å²) >= 11 is 5.91. The minimum absolute atomic E-state index is 0.145. The summed E-state index contributed by atoms with van der Waals surface area (Å²) in [5, 5.41) is 4.57. The van der Waals surface area contributed by atoms with E-state index in [1.807, 2.05) is 6.07 Å². The predicted molar refractivity (Wildman–Crippen MR) is 88.6 cm³/mol. The summed E-state index contributed by atoms with van der Waals surface area (Å²) in [6, 6.07) is 12.5. The molecule has 0 aliphatic heterocycles. The lowest BCUT2D eigenvalue weighted by Gasteiger charge is -2.07. The Bertz CT molecular complexity index is 835. The third kappa shape index (κ3) is 3.60. The van der Waals surface area contributed by atoms with E-state index in [2.05, 4.69) is 10.1 Å². The van der Waals surface area contributed by atoms with Crippen molar-refractivity contribution >= 4 is 11.6 Å². The van der Waals surface area contributed by atoms with Gasteiger partial charge in [-0.3, -0.25) is 0 Å². The highest BCUT2D eigenvalue weighted by Gasteiger charge is 2.14. The molecule has 0 amide bonds. The quantitative estimate of drug-likeness (QED) is 0.672. The van der Waals surface area contributed by atoms with E-state index in [0.29, 0.717) is 39.5 Å². The molecule has 3 aromatic rings. The summed E-state index contributed by atoms with van der Waals surface area (Å²) in [6.45, 7) is 0.145. The van der Waals surface area contributed by atoms with Gasteiger partial charge in [0.25, 0.3) is 5.89 Å². The molecule has 0 fully saturated rings. The topological polar surface area (TPSA) is 66.6 Å². The van der Waals surface area contributed by atoms with E-state index in [0.717, 1.165) is 0 Å². The van der Waals surface area contributed by atoms with Crippen molar-refractivity contribution in [2.45, 2.75) is 6.61 Å². The molecule has 0 spiro atoms. The predicted octanol–water partition coefficient (Wildman–Crippen LogP) is 3.99. The third-order valence-electron chi connectivity index (χ3n) is 3.28. The van der Waals surface area contributed by atoms with Gasteiger partial charge in [-0.25, -0.2) is 0 Å². The van der Waals surface area contributed by atoms with Gasteiger partial charge in [-0.15, -0.1) is 0 Å². The van der Waals surface area contributed by atoms with Gasteiger partial charge < -0.3 is 18.7 Å². The standard InChI is InChI=1S/C17H15ClN2O4/c1-21-12-6-7-14(15(9-12)22-2)17-19-16(24-20-17)10-23-13-5-3-4-11(18)8-13/h3-9H,10H2,1-2H3. The molecule has 1 aromatic heterocycles. The van der Waals surface area contributed by atoms with Gasteiger partial charge in [0.2, 0.25) is 5.82 Å². The van der Waals surface area contributed by atoms with Crippen LogP contribution in [0.4, 0.5) is 0 Å². The van der Waals surface area contributed by atoms with Gasteiger partial charge >= 0.3 is 0 Å². The molecular weight excluding hydrogens is 332 g/mol. The number of hydrogen-bond acceptors (Lipinski definition) is 6. The van der Waals surface area contributed by atoms with Gasteiger partial charge in [0.05, 0.1) is 19.8 Å². The van der Waals surface area contributed by atoms with Crippen molar-refractivity contribution in [1.29, 1.82) is 0 Å². The zero-order valence-electron chi connectivity index (χ0n) is 13.2. The Morgan fingerprint density at radius 1 is 1.04 bits per heavy atom. The van der Waals surface area contributed by atoms with Gasteiger partial charge in [0, 0.05) is 11.1 Å². The lowest BCUT2D eigenvalue weighted by Crippen LogP contribution is -1.96. The summed E-state index contributed by atoms with van der Waals surface area (Å²) in [6.07, 6.45) is 0. The average Bonchev–Trinajstić information content (AvgIpc) is 3.08. The van der Waals surface area contributed by atoms with Crippen molar-refractivity contribution in [3.8, 4) is 28.6 Å². The Balaban J connectivity index is 1.76. The lowest BCUT2D eigenvalue weighted by molar-refractivity contribution is 0.243. The molecule has 7 heteroatoms. The Hall–Kier alpha value is -2.73. The summed E-state index contributed by atoms with van der Waals surface area (Å²) in [5.41, 5.74) is 0.705. The zero-order chi connectivity index (χ0) is 16.9. The molecule has 0 aliphatic rings. The molecule has 6 nitrogen and oxygen atoms in total.